The zero-order chi connectivity index (χ0) is 12.4. The lowest BCUT2D eigenvalue weighted by atomic mass is 10.3. The first-order chi connectivity index (χ1) is 8.06. The van der Waals surface area contributed by atoms with Crippen LogP contribution in [0.25, 0.3) is 0 Å². The highest BCUT2D eigenvalue weighted by Crippen LogP contribution is 2.10. The van der Waals surface area contributed by atoms with Crippen molar-refractivity contribution in [3.8, 4) is 0 Å². The Kier molecular flexibility index (Phi) is 3.14. The van der Waals surface area contributed by atoms with Crippen LogP contribution in [0.2, 0.25) is 0 Å². The first-order valence-corrected chi connectivity index (χ1v) is 6.05. The monoisotopic (exact) mass is 250 g/mol. The van der Waals surface area contributed by atoms with E-state index in [1.165, 1.54) is 0 Å². The van der Waals surface area contributed by atoms with E-state index in [1.807, 2.05) is 12.3 Å². The van der Waals surface area contributed by atoms with Crippen molar-refractivity contribution in [1.82, 2.24) is 14.9 Å². The summed E-state index contributed by atoms with van der Waals surface area (Å²) in [6, 6.07) is 1.65. The highest BCUT2D eigenvalue weighted by Gasteiger charge is 2.10. The second-order valence-corrected chi connectivity index (χ2v) is 4.87. The third-order valence-corrected chi connectivity index (χ3v) is 3.18. The van der Waals surface area contributed by atoms with Crippen LogP contribution in [0.4, 0.5) is 5.69 Å². The summed E-state index contributed by atoms with van der Waals surface area (Å²) < 4.78 is 1.71. The first-order valence-electron chi connectivity index (χ1n) is 5.17. The minimum absolute atomic E-state index is 0.144. The van der Waals surface area contributed by atoms with Crippen molar-refractivity contribution in [2.24, 2.45) is 7.05 Å². The van der Waals surface area contributed by atoms with Gasteiger partial charge in [-0.3, -0.25) is 4.79 Å². The zero-order valence-corrected chi connectivity index (χ0v) is 10.5. The first kappa shape index (κ1) is 11.7. The summed E-state index contributed by atoms with van der Waals surface area (Å²) in [6.45, 7) is 2.38. The molecule has 0 atom stereocenters. The lowest BCUT2D eigenvalue weighted by Crippen LogP contribution is -2.24. The summed E-state index contributed by atoms with van der Waals surface area (Å²) >= 11 is 1.57. The molecule has 1 amide bonds. The van der Waals surface area contributed by atoms with Crippen molar-refractivity contribution in [3.63, 3.8) is 0 Å². The third-order valence-electron chi connectivity index (χ3n) is 2.36. The number of amides is 1. The fourth-order valence-corrected chi connectivity index (χ4v) is 2.18. The minimum Gasteiger partial charge on any atom is -0.397 e. The molecule has 0 radical (unpaired) electrons. The predicted molar refractivity (Wildman–Crippen MR) is 67.8 cm³/mol. The molecule has 2 heterocycles. The number of thiazole rings is 1. The number of nitrogen functional groups attached to an aromatic ring is 1. The molecule has 2 rings (SSSR count). The molecule has 17 heavy (non-hydrogen) atoms. The number of anilines is 1. The molecule has 0 saturated heterocycles. The number of nitrogens with two attached hydrogens (primary N) is 1. The minimum atomic E-state index is -0.144. The molecule has 2 aromatic rings. The molecule has 0 aromatic carbocycles. The molecule has 3 N–H and O–H groups in total. The summed E-state index contributed by atoms with van der Waals surface area (Å²) in [4.78, 5) is 16.1. The van der Waals surface area contributed by atoms with Crippen LogP contribution in [0.15, 0.2) is 17.6 Å². The largest absolute Gasteiger partial charge is 0.397 e. The van der Waals surface area contributed by atoms with E-state index in [0.29, 0.717) is 17.9 Å². The maximum atomic E-state index is 11.8. The quantitative estimate of drug-likeness (QED) is 0.862. The van der Waals surface area contributed by atoms with Gasteiger partial charge in [-0.25, -0.2) is 4.98 Å². The van der Waals surface area contributed by atoms with Gasteiger partial charge in [0.25, 0.3) is 5.91 Å². The number of hydrogen-bond acceptors (Lipinski definition) is 4. The molecule has 5 nitrogen and oxygen atoms in total. The van der Waals surface area contributed by atoms with Gasteiger partial charge in [-0.05, 0) is 13.0 Å². The number of aryl methyl sites for hydroxylation is 2. The molecule has 0 aliphatic heterocycles. The van der Waals surface area contributed by atoms with Crippen LogP contribution in [-0.2, 0) is 13.6 Å². The number of carbonyl (C=O) groups excluding carboxylic acids is 1. The highest BCUT2D eigenvalue weighted by atomic mass is 32.1. The normalized spacial score (nSPS) is 10.5. The number of rotatable bonds is 3. The maximum absolute atomic E-state index is 11.8. The third kappa shape index (κ3) is 2.65. The number of nitrogens with one attached hydrogen (secondary N) is 1. The molecule has 90 valence electrons. The van der Waals surface area contributed by atoms with E-state index in [2.05, 4.69) is 10.3 Å². The number of aromatic nitrogens is 2. The van der Waals surface area contributed by atoms with Crippen LogP contribution in [0, 0.1) is 6.92 Å². The van der Waals surface area contributed by atoms with Crippen molar-refractivity contribution in [2.75, 3.05) is 5.73 Å². The van der Waals surface area contributed by atoms with Crippen LogP contribution in [0.3, 0.4) is 0 Å². The molecule has 0 unspecified atom stereocenters. The van der Waals surface area contributed by atoms with Gasteiger partial charge in [-0.1, -0.05) is 0 Å². The Morgan fingerprint density at radius 1 is 1.65 bits per heavy atom. The maximum Gasteiger partial charge on any atom is 0.268 e. The van der Waals surface area contributed by atoms with Crippen molar-refractivity contribution in [3.05, 3.63) is 34.0 Å². The summed E-state index contributed by atoms with van der Waals surface area (Å²) in [7, 11) is 1.79. The fraction of sp³-hybridized carbons (Fsp3) is 0.273. The molecule has 0 fully saturated rings. The second-order valence-electron chi connectivity index (χ2n) is 3.81. The van der Waals surface area contributed by atoms with Crippen molar-refractivity contribution < 1.29 is 4.79 Å². The zero-order valence-electron chi connectivity index (χ0n) is 9.73. The summed E-state index contributed by atoms with van der Waals surface area (Å²) in [6.07, 6.45) is 1.71. The Labute approximate surface area is 103 Å². The lowest BCUT2D eigenvalue weighted by molar-refractivity contribution is 0.0942. The van der Waals surface area contributed by atoms with Crippen molar-refractivity contribution in [2.45, 2.75) is 13.5 Å². The number of hydrogen-bond donors (Lipinski definition) is 2. The molecular formula is C11H14N4OS. The molecule has 0 saturated carbocycles. The molecule has 0 bridgehead atoms. The predicted octanol–water partition coefficient (Wildman–Crippen LogP) is 1.30. The Morgan fingerprint density at radius 2 is 2.41 bits per heavy atom. The van der Waals surface area contributed by atoms with E-state index in [4.69, 9.17) is 5.73 Å². The van der Waals surface area contributed by atoms with E-state index in [1.54, 1.807) is 35.2 Å². The molecule has 6 heteroatoms. The topological polar surface area (TPSA) is 72.9 Å². The second kappa shape index (κ2) is 4.58. The molecule has 2 aromatic heterocycles. The molecule has 0 aliphatic rings. The SMILES string of the molecule is Cc1nc(CNC(=O)c2cc(N)cn2C)cs1. The van der Waals surface area contributed by atoms with Crippen LogP contribution in [-0.4, -0.2) is 15.5 Å². The van der Waals surface area contributed by atoms with E-state index in [-0.39, 0.29) is 5.91 Å². The van der Waals surface area contributed by atoms with Crippen LogP contribution >= 0.6 is 11.3 Å². The van der Waals surface area contributed by atoms with Crippen LogP contribution in [0.5, 0.6) is 0 Å². The Morgan fingerprint density at radius 3 is 2.94 bits per heavy atom. The lowest BCUT2D eigenvalue weighted by Gasteiger charge is -2.03. The van der Waals surface area contributed by atoms with Gasteiger partial charge in [-0.2, -0.15) is 0 Å². The standard InChI is InChI=1S/C11H14N4OS/c1-7-14-9(6-17-7)4-13-11(16)10-3-8(12)5-15(10)2/h3,5-6H,4,12H2,1-2H3,(H,13,16). The van der Waals surface area contributed by atoms with Crippen molar-refractivity contribution >= 4 is 22.9 Å². The Bertz CT molecular complexity index is 543. The van der Waals surface area contributed by atoms with Gasteiger partial charge in [0.2, 0.25) is 0 Å². The van der Waals surface area contributed by atoms with Gasteiger partial charge < -0.3 is 15.6 Å². The van der Waals surface area contributed by atoms with E-state index < -0.39 is 0 Å². The van der Waals surface area contributed by atoms with E-state index in [9.17, 15) is 4.79 Å². The van der Waals surface area contributed by atoms with Crippen LogP contribution in [0.1, 0.15) is 21.2 Å². The number of nitrogens with zero attached hydrogens (tertiary/aromatic N) is 2. The summed E-state index contributed by atoms with van der Waals surface area (Å²) in [5.41, 5.74) is 7.63. The Hall–Kier alpha value is -1.82. The van der Waals surface area contributed by atoms with Gasteiger partial charge >= 0.3 is 0 Å². The average Bonchev–Trinajstić information content (AvgIpc) is 2.81. The van der Waals surface area contributed by atoms with Gasteiger partial charge in [0.1, 0.15) is 5.69 Å². The van der Waals surface area contributed by atoms with Gasteiger partial charge in [-0.15, -0.1) is 11.3 Å². The summed E-state index contributed by atoms with van der Waals surface area (Å²) in [5.74, 6) is -0.144. The van der Waals surface area contributed by atoms with Crippen LogP contribution < -0.4 is 11.1 Å². The van der Waals surface area contributed by atoms with E-state index >= 15 is 0 Å². The molecular weight excluding hydrogens is 236 g/mol. The number of carbonyl (C=O) groups is 1. The molecule has 0 spiro atoms. The van der Waals surface area contributed by atoms with Gasteiger partial charge in [0.05, 0.1) is 22.9 Å². The van der Waals surface area contributed by atoms with Gasteiger partial charge in [0, 0.05) is 18.6 Å². The van der Waals surface area contributed by atoms with E-state index in [0.717, 1.165) is 10.7 Å². The summed E-state index contributed by atoms with van der Waals surface area (Å²) in [5, 5.41) is 5.75. The van der Waals surface area contributed by atoms with Gasteiger partial charge in [0.15, 0.2) is 0 Å². The average molecular weight is 250 g/mol. The fourth-order valence-electron chi connectivity index (χ4n) is 1.57. The van der Waals surface area contributed by atoms with Crippen molar-refractivity contribution in [1.29, 1.82) is 0 Å². The highest BCUT2D eigenvalue weighted by molar-refractivity contribution is 7.09. The smallest absolute Gasteiger partial charge is 0.268 e. The Balaban J connectivity index is 2.00. The molecule has 0 aliphatic carbocycles.